The molecule has 142 valence electrons. The third-order valence-electron chi connectivity index (χ3n) is 3.84. The van der Waals surface area contributed by atoms with Crippen LogP contribution in [-0.2, 0) is 4.79 Å². The Morgan fingerprint density at radius 1 is 1.33 bits per heavy atom. The summed E-state index contributed by atoms with van der Waals surface area (Å²) in [6, 6.07) is 5.64. The van der Waals surface area contributed by atoms with Gasteiger partial charge in [0, 0.05) is 10.9 Å². The van der Waals surface area contributed by atoms with E-state index in [1.807, 2.05) is 6.92 Å². The highest BCUT2D eigenvalue weighted by molar-refractivity contribution is 9.10. The minimum Gasteiger partial charge on any atom is -0.435 e. The molecule has 2 heterocycles. The first-order valence-electron chi connectivity index (χ1n) is 7.86. The van der Waals surface area contributed by atoms with Crippen LogP contribution in [0.15, 0.2) is 40.3 Å². The highest BCUT2D eigenvalue weighted by Crippen LogP contribution is 2.27. The zero-order valence-corrected chi connectivity index (χ0v) is 16.7. The highest BCUT2D eigenvalue weighted by atomic mass is 79.9. The number of nitrogens with one attached hydrogen (secondary N) is 1. The van der Waals surface area contributed by atoms with E-state index in [-0.39, 0.29) is 11.7 Å². The second kappa shape index (κ2) is 8.13. The Hall–Kier alpha value is -2.33. The van der Waals surface area contributed by atoms with Gasteiger partial charge in [0.25, 0.3) is 5.91 Å². The maximum Gasteiger partial charge on any atom is 0.387 e. The summed E-state index contributed by atoms with van der Waals surface area (Å²) < 4.78 is 31.2. The van der Waals surface area contributed by atoms with E-state index in [0.29, 0.717) is 10.8 Å². The normalized spacial score (nSPS) is 12.2. The van der Waals surface area contributed by atoms with Gasteiger partial charge in [-0.25, -0.2) is 4.98 Å². The van der Waals surface area contributed by atoms with Crippen molar-refractivity contribution in [2.45, 2.75) is 26.5 Å². The molecule has 1 unspecified atom stereocenters. The third kappa shape index (κ3) is 4.51. The average molecular weight is 457 g/mol. The molecule has 1 N–H and O–H groups in total. The standard InChI is InChI=1S/C17H15BrF2N4O2S/c1-9-13(18)7-21-24(9)10(2)15(25)23-17-22-14(8-27-17)11-3-5-12(6-4-11)26-16(19)20/h3-8,10,16H,1-2H3,(H,22,23,25). The van der Waals surface area contributed by atoms with Crippen molar-refractivity contribution in [3.05, 3.63) is 46.0 Å². The molecule has 0 fully saturated rings. The van der Waals surface area contributed by atoms with E-state index >= 15 is 0 Å². The third-order valence-corrected chi connectivity index (χ3v) is 5.38. The quantitative estimate of drug-likeness (QED) is 0.573. The van der Waals surface area contributed by atoms with Crippen LogP contribution in [0.2, 0.25) is 0 Å². The lowest BCUT2D eigenvalue weighted by Gasteiger charge is -2.13. The molecule has 1 amide bonds. The van der Waals surface area contributed by atoms with Crippen molar-refractivity contribution in [2.24, 2.45) is 0 Å². The molecule has 0 saturated carbocycles. The zero-order valence-electron chi connectivity index (χ0n) is 14.3. The van der Waals surface area contributed by atoms with Crippen molar-refractivity contribution in [1.29, 1.82) is 0 Å². The van der Waals surface area contributed by atoms with E-state index in [0.717, 1.165) is 15.7 Å². The number of carbonyl (C=O) groups is 1. The Morgan fingerprint density at radius 2 is 2.04 bits per heavy atom. The molecule has 0 aliphatic heterocycles. The molecule has 1 aromatic carbocycles. The summed E-state index contributed by atoms with van der Waals surface area (Å²) >= 11 is 4.65. The summed E-state index contributed by atoms with van der Waals surface area (Å²) in [7, 11) is 0. The van der Waals surface area contributed by atoms with Gasteiger partial charge in [-0.15, -0.1) is 11.3 Å². The molecular weight excluding hydrogens is 442 g/mol. The van der Waals surface area contributed by atoms with Gasteiger partial charge in [-0.3, -0.25) is 9.48 Å². The lowest BCUT2D eigenvalue weighted by molar-refractivity contribution is -0.119. The van der Waals surface area contributed by atoms with Crippen LogP contribution in [0.4, 0.5) is 13.9 Å². The largest absolute Gasteiger partial charge is 0.435 e. The predicted octanol–water partition coefficient (Wildman–Crippen LogP) is 4.88. The SMILES string of the molecule is Cc1c(Br)cnn1C(C)C(=O)Nc1nc(-c2ccc(OC(F)F)cc2)cs1. The molecule has 10 heteroatoms. The Bertz CT molecular complexity index is 943. The van der Waals surface area contributed by atoms with Gasteiger partial charge in [0.2, 0.25) is 0 Å². The van der Waals surface area contributed by atoms with Gasteiger partial charge in [-0.2, -0.15) is 13.9 Å². The van der Waals surface area contributed by atoms with Gasteiger partial charge in [0.1, 0.15) is 11.8 Å². The molecule has 0 aliphatic carbocycles. The summed E-state index contributed by atoms with van der Waals surface area (Å²) in [5, 5.41) is 9.18. The molecule has 3 rings (SSSR count). The van der Waals surface area contributed by atoms with E-state index in [9.17, 15) is 13.6 Å². The van der Waals surface area contributed by atoms with Crippen LogP contribution in [0.3, 0.4) is 0 Å². The van der Waals surface area contributed by atoms with Gasteiger partial charge >= 0.3 is 6.61 Å². The zero-order chi connectivity index (χ0) is 19.6. The number of alkyl halides is 2. The lowest BCUT2D eigenvalue weighted by Crippen LogP contribution is -2.25. The molecule has 0 bridgehead atoms. The number of anilines is 1. The van der Waals surface area contributed by atoms with Gasteiger partial charge in [0.15, 0.2) is 5.13 Å². The Kier molecular flexibility index (Phi) is 5.85. The van der Waals surface area contributed by atoms with Crippen molar-refractivity contribution >= 4 is 38.3 Å². The molecule has 0 spiro atoms. The van der Waals surface area contributed by atoms with Crippen molar-refractivity contribution < 1.29 is 18.3 Å². The smallest absolute Gasteiger partial charge is 0.387 e. The van der Waals surface area contributed by atoms with Crippen molar-refractivity contribution in [3.8, 4) is 17.0 Å². The summed E-state index contributed by atoms with van der Waals surface area (Å²) in [4.78, 5) is 16.8. The number of hydrogen-bond donors (Lipinski definition) is 1. The fraction of sp³-hybridized carbons (Fsp3) is 0.235. The first-order chi connectivity index (χ1) is 12.8. The summed E-state index contributed by atoms with van der Waals surface area (Å²) in [5.74, 6) is -0.164. The highest BCUT2D eigenvalue weighted by Gasteiger charge is 2.20. The topological polar surface area (TPSA) is 69.0 Å². The van der Waals surface area contributed by atoms with E-state index in [4.69, 9.17) is 0 Å². The number of thiazole rings is 1. The van der Waals surface area contributed by atoms with Crippen LogP contribution in [0, 0.1) is 6.92 Å². The number of halogens is 3. The molecule has 6 nitrogen and oxygen atoms in total. The van der Waals surface area contributed by atoms with Crippen molar-refractivity contribution in [3.63, 3.8) is 0 Å². The average Bonchev–Trinajstić information content (AvgIpc) is 3.22. The second-order valence-electron chi connectivity index (χ2n) is 5.63. The van der Waals surface area contributed by atoms with Crippen LogP contribution >= 0.6 is 27.3 Å². The van der Waals surface area contributed by atoms with E-state index in [2.05, 4.69) is 36.1 Å². The molecule has 1 atom stereocenters. The molecule has 27 heavy (non-hydrogen) atoms. The van der Waals surface area contributed by atoms with Crippen LogP contribution in [0.1, 0.15) is 18.7 Å². The van der Waals surface area contributed by atoms with Crippen LogP contribution in [0.5, 0.6) is 5.75 Å². The second-order valence-corrected chi connectivity index (χ2v) is 7.34. The van der Waals surface area contributed by atoms with Crippen LogP contribution in [-0.4, -0.2) is 27.3 Å². The fourth-order valence-electron chi connectivity index (χ4n) is 2.38. The van der Waals surface area contributed by atoms with Gasteiger partial charge in [0.05, 0.1) is 22.1 Å². The molecule has 0 radical (unpaired) electrons. The summed E-state index contributed by atoms with van der Waals surface area (Å²) in [6.45, 7) is 0.750. The molecule has 0 saturated heterocycles. The minimum absolute atomic E-state index is 0.0760. The maximum atomic E-state index is 12.5. The van der Waals surface area contributed by atoms with E-state index < -0.39 is 12.7 Å². The first kappa shape index (κ1) is 19.4. The lowest BCUT2D eigenvalue weighted by atomic mass is 10.2. The van der Waals surface area contributed by atoms with E-state index in [1.54, 1.807) is 35.3 Å². The van der Waals surface area contributed by atoms with Crippen LogP contribution < -0.4 is 10.1 Å². The van der Waals surface area contributed by atoms with Crippen LogP contribution in [0.25, 0.3) is 11.3 Å². The van der Waals surface area contributed by atoms with Gasteiger partial charge < -0.3 is 10.1 Å². The number of amides is 1. The molecule has 0 aliphatic rings. The number of nitrogens with zero attached hydrogens (tertiary/aromatic N) is 3. The number of carbonyl (C=O) groups excluding carboxylic acids is 1. The Labute approximate surface area is 166 Å². The summed E-state index contributed by atoms with van der Waals surface area (Å²) in [5.41, 5.74) is 2.21. The molecule has 3 aromatic rings. The fourth-order valence-corrected chi connectivity index (χ4v) is 3.38. The molecule has 2 aromatic heterocycles. The maximum absolute atomic E-state index is 12.5. The number of hydrogen-bond acceptors (Lipinski definition) is 5. The monoisotopic (exact) mass is 456 g/mol. The Balaban J connectivity index is 1.68. The number of rotatable bonds is 6. The van der Waals surface area contributed by atoms with E-state index in [1.165, 1.54) is 23.5 Å². The number of benzene rings is 1. The van der Waals surface area contributed by atoms with Gasteiger partial charge in [-0.05, 0) is 54.0 Å². The van der Waals surface area contributed by atoms with Crippen molar-refractivity contribution in [1.82, 2.24) is 14.8 Å². The Morgan fingerprint density at radius 3 is 2.63 bits per heavy atom. The number of aromatic nitrogens is 3. The van der Waals surface area contributed by atoms with Gasteiger partial charge in [-0.1, -0.05) is 0 Å². The predicted molar refractivity (Wildman–Crippen MR) is 102 cm³/mol. The first-order valence-corrected chi connectivity index (χ1v) is 9.53. The number of ether oxygens (including phenoxy) is 1. The molecular formula is C17H15BrF2N4O2S. The summed E-state index contributed by atoms with van der Waals surface area (Å²) in [6.07, 6.45) is 1.64. The van der Waals surface area contributed by atoms with Crippen molar-refractivity contribution in [2.75, 3.05) is 5.32 Å². The minimum atomic E-state index is -2.86.